The first-order valence-electron chi connectivity index (χ1n) is 18.2. The summed E-state index contributed by atoms with van der Waals surface area (Å²) in [5.74, 6) is 0.335. The van der Waals surface area contributed by atoms with Gasteiger partial charge in [0.2, 0.25) is 11.8 Å². The highest BCUT2D eigenvalue weighted by Crippen LogP contribution is 2.47. The van der Waals surface area contributed by atoms with Gasteiger partial charge in [0.05, 0.1) is 18.1 Å². The first-order chi connectivity index (χ1) is 27.2. The number of phenolic OH excluding ortho intramolecular Hbond substituents is 1. The quantitative estimate of drug-likeness (QED) is 0.0758. The third-order valence-corrected chi connectivity index (χ3v) is 10.4. The molecule has 2 N–H and O–H groups in total. The van der Waals surface area contributed by atoms with Crippen molar-refractivity contribution in [1.82, 2.24) is 10.2 Å². The van der Waals surface area contributed by atoms with E-state index < -0.39 is 29.7 Å². The van der Waals surface area contributed by atoms with E-state index in [2.05, 4.69) is 21.2 Å². The van der Waals surface area contributed by atoms with E-state index in [0.29, 0.717) is 57.6 Å². The van der Waals surface area contributed by atoms with Gasteiger partial charge in [0.15, 0.2) is 5.75 Å². The standard InChI is InChI=1S/C42H41BrN2O10S/c43-29-9-7-28(8-10-29)41-40(34-17-11-30(46)27-36(34)56-41)55-33-14-12-32(13-15-33)54-26-4-24-52-22-2-21-51-23-3-25-53-31-5-1-6-38(48)45(39(49)20-16-31)35-18-19-37(47)44-42(35)50/h1,5-17,20,27,35,46H,2-4,18-19,21-26H2,(H,44,47,50)/b6-1+,20-16+,31-5+. The molecule has 2 aliphatic rings. The molecule has 1 saturated heterocycles. The number of carbonyl (C=O) groups is 4. The number of hydrogen-bond acceptors (Lipinski definition) is 11. The third kappa shape index (κ3) is 11.2. The topological polar surface area (TPSA) is 150 Å². The lowest BCUT2D eigenvalue weighted by Gasteiger charge is -2.29. The minimum atomic E-state index is -1.05. The van der Waals surface area contributed by atoms with Gasteiger partial charge < -0.3 is 28.8 Å². The molecule has 1 unspecified atom stereocenters. The van der Waals surface area contributed by atoms with Crippen molar-refractivity contribution in [2.45, 2.75) is 38.1 Å². The number of thiophene rings is 1. The molecule has 3 heterocycles. The summed E-state index contributed by atoms with van der Waals surface area (Å²) in [4.78, 5) is 50.9. The van der Waals surface area contributed by atoms with Gasteiger partial charge in [-0.1, -0.05) is 34.1 Å². The Hall–Kier alpha value is -5.28. The van der Waals surface area contributed by atoms with Crippen molar-refractivity contribution < 1.29 is 48.0 Å². The van der Waals surface area contributed by atoms with Crippen LogP contribution in [0.5, 0.6) is 23.0 Å². The molecule has 0 radical (unpaired) electrons. The summed E-state index contributed by atoms with van der Waals surface area (Å²) in [6, 6.07) is 19.8. The molecule has 2 aliphatic heterocycles. The Labute approximate surface area is 336 Å². The van der Waals surface area contributed by atoms with Crippen LogP contribution in [0.3, 0.4) is 0 Å². The maximum atomic E-state index is 12.8. The van der Waals surface area contributed by atoms with Crippen LogP contribution in [0.25, 0.3) is 20.5 Å². The Balaban J connectivity index is 0.826. The number of benzene rings is 3. The predicted octanol–water partition coefficient (Wildman–Crippen LogP) is 7.60. The number of hydrogen-bond donors (Lipinski definition) is 2. The number of nitrogens with zero attached hydrogens (tertiary/aromatic N) is 1. The number of carbonyl (C=O) groups excluding carboxylic acids is 4. The second kappa shape index (κ2) is 20.1. The van der Waals surface area contributed by atoms with Gasteiger partial charge >= 0.3 is 0 Å². The molecular formula is C42H41BrN2O10S. The Morgan fingerprint density at radius 2 is 1.43 bits per heavy atom. The van der Waals surface area contributed by atoms with E-state index in [1.54, 1.807) is 29.5 Å². The highest BCUT2D eigenvalue weighted by Gasteiger charge is 2.36. The Kier molecular flexibility index (Phi) is 14.5. The maximum absolute atomic E-state index is 12.8. The lowest BCUT2D eigenvalue weighted by Crippen LogP contribution is -2.55. The normalized spacial score (nSPS) is 18.1. The predicted molar refractivity (Wildman–Crippen MR) is 214 cm³/mol. The summed E-state index contributed by atoms with van der Waals surface area (Å²) in [6.07, 6.45) is 9.05. The molecule has 0 saturated carbocycles. The molecular weight excluding hydrogens is 804 g/mol. The van der Waals surface area contributed by atoms with Crippen molar-refractivity contribution in [2.75, 3.05) is 39.6 Å². The van der Waals surface area contributed by atoms with E-state index in [1.165, 1.54) is 24.3 Å². The summed E-state index contributed by atoms with van der Waals surface area (Å²) < 4.78 is 31.4. The van der Waals surface area contributed by atoms with Gasteiger partial charge in [-0.25, -0.2) is 0 Å². The average Bonchev–Trinajstić information content (AvgIpc) is 3.56. The summed E-state index contributed by atoms with van der Waals surface area (Å²) >= 11 is 5.07. The molecule has 12 nitrogen and oxygen atoms in total. The van der Waals surface area contributed by atoms with Crippen LogP contribution in [0.15, 0.2) is 107 Å². The van der Waals surface area contributed by atoms with Gasteiger partial charge in [-0.05, 0) is 85.2 Å². The largest absolute Gasteiger partial charge is 0.508 e. The van der Waals surface area contributed by atoms with Gasteiger partial charge in [-0.3, -0.25) is 29.4 Å². The van der Waals surface area contributed by atoms with Gasteiger partial charge in [0, 0.05) is 72.4 Å². The van der Waals surface area contributed by atoms with Crippen molar-refractivity contribution >= 4 is 61.0 Å². The van der Waals surface area contributed by atoms with Crippen LogP contribution in [0, 0.1) is 0 Å². The van der Waals surface area contributed by atoms with E-state index in [4.69, 9.17) is 23.7 Å². The molecule has 4 amide bonds. The minimum Gasteiger partial charge on any atom is -0.508 e. The first-order valence-corrected chi connectivity index (χ1v) is 19.8. The van der Waals surface area contributed by atoms with E-state index >= 15 is 0 Å². The molecule has 1 aromatic heterocycles. The number of ether oxygens (including phenoxy) is 5. The van der Waals surface area contributed by atoms with Crippen molar-refractivity contribution in [2.24, 2.45) is 0 Å². The number of allylic oxidation sites excluding steroid dienone is 3. The molecule has 1 fully saturated rings. The van der Waals surface area contributed by atoms with Gasteiger partial charge in [-0.15, -0.1) is 11.3 Å². The van der Waals surface area contributed by atoms with Crippen molar-refractivity contribution in [3.8, 4) is 33.4 Å². The maximum Gasteiger partial charge on any atom is 0.254 e. The zero-order chi connectivity index (χ0) is 39.3. The molecule has 292 valence electrons. The Morgan fingerprint density at radius 1 is 0.768 bits per heavy atom. The fraction of sp³-hybridized carbons (Fsp3) is 0.286. The number of imide groups is 2. The lowest BCUT2D eigenvalue weighted by atomic mass is 10.0. The number of rotatable bonds is 18. The van der Waals surface area contributed by atoms with E-state index in [9.17, 15) is 24.3 Å². The first kappa shape index (κ1) is 40.4. The fourth-order valence-electron chi connectivity index (χ4n) is 5.88. The number of halogens is 1. The number of fused-ring (bicyclic) bond motifs is 1. The lowest BCUT2D eigenvalue weighted by molar-refractivity contribution is -0.150. The third-order valence-electron chi connectivity index (χ3n) is 8.65. The van der Waals surface area contributed by atoms with Gasteiger partial charge in [0.25, 0.3) is 11.8 Å². The van der Waals surface area contributed by atoms with Crippen molar-refractivity contribution in [1.29, 1.82) is 0 Å². The molecule has 6 rings (SSSR count). The molecule has 0 spiro atoms. The fourth-order valence-corrected chi connectivity index (χ4v) is 7.31. The molecule has 1 atom stereocenters. The number of phenols is 1. The molecule has 0 aliphatic carbocycles. The number of nitrogens with one attached hydrogen (secondary N) is 1. The molecule has 56 heavy (non-hydrogen) atoms. The second-order valence-corrected chi connectivity index (χ2v) is 14.7. The molecule has 0 bridgehead atoms. The second-order valence-electron chi connectivity index (χ2n) is 12.8. The number of aromatic hydroxyl groups is 1. The zero-order valence-corrected chi connectivity index (χ0v) is 32.9. The zero-order valence-electron chi connectivity index (χ0n) is 30.4. The van der Waals surface area contributed by atoms with Crippen LogP contribution in [0.1, 0.15) is 32.1 Å². The number of piperidine rings is 1. The van der Waals surface area contributed by atoms with Gasteiger partial charge in [-0.2, -0.15) is 0 Å². The van der Waals surface area contributed by atoms with E-state index in [-0.39, 0.29) is 18.6 Å². The number of amides is 4. The molecule has 4 aromatic rings. The SMILES string of the molecule is O=C1CCC(N2C(=O)/C=C/C=C(OCCCOCCCOCCCOc3ccc(Oc4c(-c5ccc(Br)cc5)sc5cc(O)ccc45)cc3)\C=C\C2=O)C(=O)N1. The van der Waals surface area contributed by atoms with Crippen LogP contribution in [-0.2, 0) is 33.4 Å². The van der Waals surface area contributed by atoms with Crippen molar-refractivity contribution in [3.05, 3.63) is 107 Å². The van der Waals surface area contributed by atoms with E-state index in [0.717, 1.165) is 54.2 Å². The summed E-state index contributed by atoms with van der Waals surface area (Å²) in [5.41, 5.74) is 1.03. The van der Waals surface area contributed by atoms with Crippen molar-refractivity contribution in [3.63, 3.8) is 0 Å². The Morgan fingerprint density at radius 3 is 2.14 bits per heavy atom. The summed E-state index contributed by atoms with van der Waals surface area (Å²) in [7, 11) is 0. The molecule has 3 aromatic carbocycles. The van der Waals surface area contributed by atoms with Gasteiger partial charge in [0.1, 0.15) is 29.0 Å². The summed E-state index contributed by atoms with van der Waals surface area (Å²) in [6.45, 7) is 2.98. The highest BCUT2D eigenvalue weighted by atomic mass is 79.9. The van der Waals surface area contributed by atoms with E-state index in [1.807, 2.05) is 54.6 Å². The summed E-state index contributed by atoms with van der Waals surface area (Å²) in [5, 5.41) is 13.1. The average molecular weight is 846 g/mol. The highest BCUT2D eigenvalue weighted by molar-refractivity contribution is 9.10. The monoisotopic (exact) mass is 844 g/mol. The van der Waals surface area contributed by atoms with Crippen LogP contribution >= 0.6 is 27.3 Å². The van der Waals surface area contributed by atoms with Crippen LogP contribution < -0.4 is 14.8 Å². The minimum absolute atomic E-state index is 0.0491. The smallest absolute Gasteiger partial charge is 0.254 e. The van der Waals surface area contributed by atoms with Crippen LogP contribution in [0.4, 0.5) is 0 Å². The molecule has 14 heteroatoms. The van der Waals surface area contributed by atoms with Crippen LogP contribution in [0.2, 0.25) is 0 Å². The Bertz CT molecular complexity index is 2110. The van der Waals surface area contributed by atoms with Crippen LogP contribution in [-0.4, -0.2) is 79.3 Å².